The summed E-state index contributed by atoms with van der Waals surface area (Å²) in [6.45, 7) is 1.04. The number of halogens is 1. The predicted octanol–water partition coefficient (Wildman–Crippen LogP) is 3.29. The Morgan fingerprint density at radius 1 is 1.00 bits per heavy atom. The zero-order valence-electron chi connectivity index (χ0n) is 14.7. The van der Waals surface area contributed by atoms with E-state index in [2.05, 4.69) is 0 Å². The van der Waals surface area contributed by atoms with Crippen LogP contribution in [0.4, 0.5) is 4.39 Å². The average Bonchev–Trinajstić information content (AvgIpc) is 3.41. The molecule has 1 aliphatic rings. The molecule has 3 aromatic rings. The molecular formula is C19H17FN2O4S2. The Labute approximate surface area is 165 Å². The van der Waals surface area contributed by atoms with Crippen LogP contribution in [0.15, 0.2) is 62.5 Å². The third-order valence-electron chi connectivity index (χ3n) is 4.56. The molecule has 28 heavy (non-hydrogen) atoms. The normalized spacial score (nSPS) is 15.7. The van der Waals surface area contributed by atoms with Crippen molar-refractivity contribution in [2.75, 3.05) is 26.2 Å². The summed E-state index contributed by atoms with van der Waals surface area (Å²) in [7, 11) is -3.51. The molecule has 0 bridgehead atoms. The molecule has 9 heteroatoms. The number of benzene rings is 1. The van der Waals surface area contributed by atoms with Crippen LogP contribution in [0, 0.1) is 5.82 Å². The number of nitrogens with zero attached hydrogens (tertiary/aromatic N) is 2. The summed E-state index contributed by atoms with van der Waals surface area (Å²) in [6, 6.07) is 12.3. The van der Waals surface area contributed by atoms with E-state index in [9.17, 15) is 17.6 Å². The van der Waals surface area contributed by atoms with Crippen LogP contribution in [0.25, 0.3) is 11.3 Å². The minimum absolute atomic E-state index is 0.175. The van der Waals surface area contributed by atoms with Gasteiger partial charge in [-0.25, -0.2) is 12.8 Å². The molecular weight excluding hydrogens is 403 g/mol. The minimum atomic E-state index is -3.51. The van der Waals surface area contributed by atoms with Crippen molar-refractivity contribution in [1.29, 1.82) is 0 Å². The quantitative estimate of drug-likeness (QED) is 0.649. The van der Waals surface area contributed by atoms with E-state index in [-0.39, 0.29) is 43.7 Å². The van der Waals surface area contributed by atoms with Crippen LogP contribution in [0.1, 0.15) is 10.6 Å². The number of furan rings is 1. The first kappa shape index (κ1) is 18.9. The van der Waals surface area contributed by atoms with E-state index in [1.807, 2.05) is 0 Å². The van der Waals surface area contributed by atoms with E-state index in [4.69, 9.17) is 4.42 Å². The Kier molecular flexibility index (Phi) is 5.05. The summed E-state index contributed by atoms with van der Waals surface area (Å²) in [5, 5.41) is 1.72. The largest absolute Gasteiger partial charge is 0.451 e. The Morgan fingerprint density at radius 3 is 2.36 bits per heavy atom. The molecule has 1 aliphatic heterocycles. The highest BCUT2D eigenvalue weighted by atomic mass is 32.2. The molecule has 0 N–H and O–H groups in total. The summed E-state index contributed by atoms with van der Waals surface area (Å²) >= 11 is 1.18. The monoisotopic (exact) mass is 420 g/mol. The van der Waals surface area contributed by atoms with Crippen molar-refractivity contribution >= 4 is 27.3 Å². The van der Waals surface area contributed by atoms with Gasteiger partial charge in [-0.3, -0.25) is 4.79 Å². The fourth-order valence-corrected chi connectivity index (χ4v) is 5.61. The van der Waals surface area contributed by atoms with E-state index in [1.54, 1.807) is 46.7 Å². The van der Waals surface area contributed by atoms with E-state index in [0.717, 1.165) is 0 Å². The second kappa shape index (κ2) is 7.50. The summed E-state index contributed by atoms with van der Waals surface area (Å²) in [5.41, 5.74) is 0.673. The molecule has 2 aromatic heterocycles. The fraction of sp³-hybridized carbons (Fsp3) is 0.211. The van der Waals surface area contributed by atoms with Gasteiger partial charge in [0.1, 0.15) is 15.8 Å². The third kappa shape index (κ3) is 3.60. The molecule has 3 heterocycles. The average molecular weight is 420 g/mol. The first-order chi connectivity index (χ1) is 13.4. The van der Waals surface area contributed by atoms with Crippen LogP contribution in [-0.2, 0) is 10.0 Å². The van der Waals surface area contributed by atoms with Crippen molar-refractivity contribution in [1.82, 2.24) is 9.21 Å². The van der Waals surface area contributed by atoms with Gasteiger partial charge in [0.2, 0.25) is 0 Å². The van der Waals surface area contributed by atoms with Gasteiger partial charge in [0.05, 0.1) is 0 Å². The van der Waals surface area contributed by atoms with Crippen LogP contribution in [0.2, 0.25) is 0 Å². The van der Waals surface area contributed by atoms with E-state index < -0.39 is 10.0 Å². The van der Waals surface area contributed by atoms with Crippen LogP contribution >= 0.6 is 11.3 Å². The highest BCUT2D eigenvalue weighted by Crippen LogP contribution is 2.25. The molecule has 6 nitrogen and oxygen atoms in total. The molecule has 1 saturated heterocycles. The third-order valence-corrected chi connectivity index (χ3v) is 7.83. The van der Waals surface area contributed by atoms with Crippen molar-refractivity contribution in [2.24, 2.45) is 0 Å². The highest BCUT2D eigenvalue weighted by Gasteiger charge is 2.31. The molecule has 0 radical (unpaired) electrons. The van der Waals surface area contributed by atoms with Crippen LogP contribution in [0.5, 0.6) is 0 Å². The van der Waals surface area contributed by atoms with Gasteiger partial charge in [0.15, 0.2) is 5.76 Å². The number of carbonyl (C=O) groups is 1. The first-order valence-corrected chi connectivity index (χ1v) is 11.0. The zero-order valence-corrected chi connectivity index (χ0v) is 16.4. The number of hydrogen-bond donors (Lipinski definition) is 0. The molecule has 1 aromatic carbocycles. The molecule has 146 valence electrons. The topological polar surface area (TPSA) is 70.8 Å². The van der Waals surface area contributed by atoms with Crippen molar-refractivity contribution in [3.05, 3.63) is 65.5 Å². The van der Waals surface area contributed by atoms with Gasteiger partial charge in [-0.1, -0.05) is 6.07 Å². The van der Waals surface area contributed by atoms with E-state index in [0.29, 0.717) is 15.5 Å². The molecule has 0 unspecified atom stereocenters. The number of piperazine rings is 1. The summed E-state index contributed by atoms with van der Waals surface area (Å²) in [4.78, 5) is 14.3. The molecule has 1 amide bonds. The lowest BCUT2D eigenvalue weighted by atomic mass is 10.2. The minimum Gasteiger partial charge on any atom is -0.451 e. The van der Waals surface area contributed by atoms with Crippen LogP contribution in [0.3, 0.4) is 0 Å². The van der Waals surface area contributed by atoms with Crippen LogP contribution < -0.4 is 0 Å². The number of rotatable bonds is 4. The molecule has 0 aliphatic carbocycles. The van der Waals surface area contributed by atoms with Crippen molar-refractivity contribution < 1.29 is 22.0 Å². The molecule has 4 rings (SSSR count). The number of amides is 1. The summed E-state index contributed by atoms with van der Waals surface area (Å²) in [5.74, 6) is 0.0136. The highest BCUT2D eigenvalue weighted by molar-refractivity contribution is 7.91. The zero-order chi connectivity index (χ0) is 19.7. The van der Waals surface area contributed by atoms with E-state index >= 15 is 0 Å². The Hall–Kier alpha value is -2.49. The molecule has 0 saturated carbocycles. The Morgan fingerprint density at radius 2 is 1.71 bits per heavy atom. The van der Waals surface area contributed by atoms with Gasteiger partial charge in [-0.2, -0.15) is 4.31 Å². The van der Waals surface area contributed by atoms with Gasteiger partial charge in [-0.15, -0.1) is 11.3 Å². The van der Waals surface area contributed by atoms with Crippen molar-refractivity contribution in [3.63, 3.8) is 0 Å². The number of thiophene rings is 1. The second-order valence-electron chi connectivity index (χ2n) is 6.30. The maximum absolute atomic E-state index is 13.0. The predicted molar refractivity (Wildman–Crippen MR) is 103 cm³/mol. The SMILES string of the molecule is O=C(c1ccc(-c2ccc(F)cc2)o1)N1CCN(S(=O)(=O)c2cccs2)CC1. The molecule has 0 spiro atoms. The smallest absolute Gasteiger partial charge is 0.289 e. The lowest BCUT2D eigenvalue weighted by Crippen LogP contribution is -2.50. The van der Waals surface area contributed by atoms with Gasteiger partial charge < -0.3 is 9.32 Å². The fourth-order valence-electron chi connectivity index (χ4n) is 3.05. The lowest BCUT2D eigenvalue weighted by molar-refractivity contribution is 0.0667. The molecule has 1 fully saturated rings. The number of sulfonamides is 1. The Balaban J connectivity index is 1.43. The first-order valence-electron chi connectivity index (χ1n) is 8.64. The number of hydrogen-bond acceptors (Lipinski definition) is 5. The van der Waals surface area contributed by atoms with E-state index in [1.165, 1.54) is 27.8 Å². The Bertz CT molecular complexity index is 1070. The summed E-state index contributed by atoms with van der Waals surface area (Å²) < 4.78 is 45.5. The number of carbonyl (C=O) groups excluding carboxylic acids is 1. The van der Waals surface area contributed by atoms with Crippen LogP contribution in [-0.4, -0.2) is 49.7 Å². The van der Waals surface area contributed by atoms with Gasteiger partial charge >= 0.3 is 0 Å². The lowest BCUT2D eigenvalue weighted by Gasteiger charge is -2.33. The maximum Gasteiger partial charge on any atom is 0.289 e. The van der Waals surface area contributed by atoms with Gasteiger partial charge in [0, 0.05) is 31.7 Å². The van der Waals surface area contributed by atoms with Crippen molar-refractivity contribution in [2.45, 2.75) is 4.21 Å². The maximum atomic E-state index is 13.0. The van der Waals surface area contributed by atoms with Crippen molar-refractivity contribution in [3.8, 4) is 11.3 Å². The standard InChI is InChI=1S/C19H17FN2O4S2/c20-15-5-3-14(4-6-15)16-7-8-17(26-16)19(23)21-9-11-22(12-10-21)28(24,25)18-2-1-13-27-18/h1-8,13H,9-12H2. The molecule has 0 atom stereocenters. The second-order valence-corrected chi connectivity index (χ2v) is 9.41. The summed E-state index contributed by atoms with van der Waals surface area (Å²) in [6.07, 6.45) is 0. The van der Waals surface area contributed by atoms with Gasteiger partial charge in [0.25, 0.3) is 15.9 Å². The van der Waals surface area contributed by atoms with Gasteiger partial charge in [-0.05, 0) is 47.8 Å².